The molecular weight excluding hydrogens is 353 g/mol. The van der Waals surface area contributed by atoms with Gasteiger partial charge in [-0.15, -0.1) is 0 Å². The predicted octanol–water partition coefficient (Wildman–Crippen LogP) is 5.22. The van der Waals surface area contributed by atoms with Crippen molar-refractivity contribution >= 4 is 48.3 Å². The lowest BCUT2D eigenvalue weighted by Crippen LogP contribution is -1.95. The second-order valence-electron chi connectivity index (χ2n) is 4.00. The lowest BCUT2D eigenvalue weighted by Gasteiger charge is -2.06. The fourth-order valence-electron chi connectivity index (χ4n) is 1.72. The molecule has 0 saturated heterocycles. The first kappa shape index (κ1) is 13.4. The summed E-state index contributed by atoms with van der Waals surface area (Å²) in [7, 11) is 0. The summed E-state index contributed by atoms with van der Waals surface area (Å²) >= 11 is 4.27. The number of benzene rings is 2. The molecule has 1 heterocycles. The summed E-state index contributed by atoms with van der Waals surface area (Å²) in [6, 6.07) is 6.13. The second kappa shape index (κ2) is 5.06. The molecule has 0 aliphatic heterocycles. The van der Waals surface area contributed by atoms with E-state index >= 15 is 0 Å². The molecule has 3 rings (SSSR count). The molecule has 0 aliphatic carbocycles. The van der Waals surface area contributed by atoms with Gasteiger partial charge in [-0.05, 0) is 40.2 Å². The van der Waals surface area contributed by atoms with Gasteiger partial charge >= 0.3 is 0 Å². The SMILES string of the molecule is Fc1cc(F)c(Nc2nc3ccc(F)cc3s2)c(Br)c1. The predicted molar refractivity (Wildman–Crippen MR) is 76.9 cm³/mol. The van der Waals surface area contributed by atoms with Crippen LogP contribution in [0.4, 0.5) is 24.0 Å². The standard InChI is InChI=1S/C13H6BrF3N2S/c14-8-3-7(16)4-9(17)12(8)19-13-18-10-2-1-6(15)5-11(10)20-13/h1-5H,(H,18,19). The lowest BCUT2D eigenvalue weighted by atomic mass is 10.3. The number of halogens is 4. The van der Waals surface area contributed by atoms with Crippen molar-refractivity contribution in [3.8, 4) is 0 Å². The van der Waals surface area contributed by atoms with E-state index in [4.69, 9.17) is 0 Å². The molecule has 0 atom stereocenters. The maximum atomic E-state index is 13.7. The maximum Gasteiger partial charge on any atom is 0.188 e. The van der Waals surface area contributed by atoms with E-state index in [1.807, 2.05) is 0 Å². The third-order valence-corrected chi connectivity index (χ3v) is 4.15. The highest BCUT2D eigenvalue weighted by Crippen LogP contribution is 2.33. The summed E-state index contributed by atoms with van der Waals surface area (Å²) in [6.07, 6.45) is 0. The third kappa shape index (κ3) is 2.51. The Morgan fingerprint density at radius 1 is 1.05 bits per heavy atom. The minimum absolute atomic E-state index is 0.0888. The number of thiazole rings is 1. The zero-order valence-electron chi connectivity index (χ0n) is 9.75. The number of nitrogens with one attached hydrogen (secondary N) is 1. The highest BCUT2D eigenvalue weighted by Gasteiger charge is 2.12. The summed E-state index contributed by atoms with van der Waals surface area (Å²) in [6.45, 7) is 0. The number of aromatic nitrogens is 1. The number of anilines is 2. The van der Waals surface area contributed by atoms with E-state index in [0.29, 0.717) is 15.3 Å². The first-order valence-electron chi connectivity index (χ1n) is 5.50. The summed E-state index contributed by atoms with van der Waals surface area (Å²) in [5.74, 6) is -1.77. The molecule has 2 nitrogen and oxygen atoms in total. The van der Waals surface area contributed by atoms with E-state index in [1.54, 1.807) is 6.07 Å². The molecule has 0 bridgehead atoms. The largest absolute Gasteiger partial charge is 0.328 e. The van der Waals surface area contributed by atoms with Crippen molar-refractivity contribution < 1.29 is 13.2 Å². The molecule has 0 radical (unpaired) electrons. The Labute approximate surface area is 124 Å². The quantitative estimate of drug-likeness (QED) is 0.679. The van der Waals surface area contributed by atoms with Crippen LogP contribution in [0.1, 0.15) is 0 Å². The van der Waals surface area contributed by atoms with Crippen molar-refractivity contribution in [1.82, 2.24) is 4.98 Å². The molecular formula is C13H6BrF3N2S. The Balaban J connectivity index is 2.01. The molecule has 0 amide bonds. The van der Waals surface area contributed by atoms with Gasteiger partial charge in [-0.3, -0.25) is 0 Å². The average Bonchev–Trinajstić information content (AvgIpc) is 2.75. The minimum Gasteiger partial charge on any atom is -0.328 e. The van der Waals surface area contributed by atoms with Crippen LogP contribution in [0, 0.1) is 17.5 Å². The van der Waals surface area contributed by atoms with Gasteiger partial charge in [0.1, 0.15) is 11.6 Å². The molecule has 3 aromatic rings. The fourth-order valence-corrected chi connectivity index (χ4v) is 3.12. The molecule has 1 aromatic heterocycles. The van der Waals surface area contributed by atoms with Gasteiger partial charge in [0, 0.05) is 10.5 Å². The number of hydrogen-bond acceptors (Lipinski definition) is 3. The number of rotatable bonds is 2. The van der Waals surface area contributed by atoms with Crippen molar-refractivity contribution in [2.45, 2.75) is 0 Å². The van der Waals surface area contributed by atoms with E-state index < -0.39 is 11.6 Å². The zero-order valence-corrected chi connectivity index (χ0v) is 12.2. The summed E-state index contributed by atoms with van der Waals surface area (Å²) in [5.41, 5.74) is 0.698. The van der Waals surface area contributed by atoms with Crippen LogP contribution < -0.4 is 5.32 Å². The number of hydrogen-bond donors (Lipinski definition) is 1. The lowest BCUT2D eigenvalue weighted by molar-refractivity contribution is 0.584. The molecule has 2 aromatic carbocycles. The van der Waals surface area contributed by atoms with E-state index in [-0.39, 0.29) is 16.0 Å². The molecule has 1 N–H and O–H groups in total. The molecule has 102 valence electrons. The van der Waals surface area contributed by atoms with Crippen LogP contribution in [-0.4, -0.2) is 4.98 Å². The van der Waals surface area contributed by atoms with E-state index in [2.05, 4.69) is 26.2 Å². The highest BCUT2D eigenvalue weighted by molar-refractivity contribution is 9.10. The van der Waals surface area contributed by atoms with Crippen molar-refractivity contribution in [3.63, 3.8) is 0 Å². The number of nitrogens with zero attached hydrogens (tertiary/aromatic N) is 1. The van der Waals surface area contributed by atoms with Crippen molar-refractivity contribution in [2.75, 3.05) is 5.32 Å². The molecule has 20 heavy (non-hydrogen) atoms. The van der Waals surface area contributed by atoms with Crippen LogP contribution in [0.2, 0.25) is 0 Å². The first-order valence-corrected chi connectivity index (χ1v) is 7.11. The van der Waals surface area contributed by atoms with E-state index in [1.165, 1.54) is 23.5 Å². The van der Waals surface area contributed by atoms with Crippen LogP contribution in [0.5, 0.6) is 0 Å². The van der Waals surface area contributed by atoms with Gasteiger partial charge in [0.05, 0.1) is 15.9 Å². The summed E-state index contributed by atoms with van der Waals surface area (Å²) in [4.78, 5) is 4.21. The van der Waals surface area contributed by atoms with Gasteiger partial charge in [-0.2, -0.15) is 0 Å². The molecule has 0 saturated carbocycles. The van der Waals surface area contributed by atoms with Crippen LogP contribution in [-0.2, 0) is 0 Å². The molecule has 0 unspecified atom stereocenters. The summed E-state index contributed by atoms with van der Waals surface area (Å²) < 4.78 is 40.7. The van der Waals surface area contributed by atoms with Gasteiger partial charge in [-0.1, -0.05) is 11.3 Å². The van der Waals surface area contributed by atoms with Crippen molar-refractivity contribution in [1.29, 1.82) is 0 Å². The van der Waals surface area contributed by atoms with Gasteiger partial charge in [0.2, 0.25) is 0 Å². The number of fused-ring (bicyclic) bond motifs is 1. The van der Waals surface area contributed by atoms with Crippen LogP contribution >= 0.6 is 27.3 Å². The maximum absolute atomic E-state index is 13.7. The van der Waals surface area contributed by atoms with Crippen molar-refractivity contribution in [3.05, 3.63) is 52.3 Å². The Hall–Kier alpha value is -1.60. The van der Waals surface area contributed by atoms with Crippen LogP contribution in [0.25, 0.3) is 10.2 Å². The van der Waals surface area contributed by atoms with Gasteiger partial charge in [-0.25, -0.2) is 18.2 Å². The Morgan fingerprint density at radius 2 is 1.85 bits per heavy atom. The van der Waals surface area contributed by atoms with Gasteiger partial charge in [0.25, 0.3) is 0 Å². The van der Waals surface area contributed by atoms with Crippen molar-refractivity contribution in [2.24, 2.45) is 0 Å². The smallest absolute Gasteiger partial charge is 0.188 e. The van der Waals surface area contributed by atoms with Crippen LogP contribution in [0.3, 0.4) is 0 Å². The normalized spacial score (nSPS) is 11.0. The van der Waals surface area contributed by atoms with E-state index in [9.17, 15) is 13.2 Å². The van der Waals surface area contributed by atoms with Gasteiger partial charge < -0.3 is 5.32 Å². The Kier molecular flexibility index (Phi) is 3.39. The van der Waals surface area contributed by atoms with Gasteiger partial charge in [0.15, 0.2) is 10.9 Å². The Morgan fingerprint density at radius 3 is 2.60 bits per heavy atom. The average molecular weight is 359 g/mol. The van der Waals surface area contributed by atoms with Crippen LogP contribution in [0.15, 0.2) is 34.8 Å². The first-order chi connectivity index (χ1) is 9.52. The zero-order chi connectivity index (χ0) is 14.3. The molecule has 0 fully saturated rings. The Bertz CT molecular complexity index is 780. The monoisotopic (exact) mass is 358 g/mol. The molecule has 7 heteroatoms. The summed E-state index contributed by atoms with van der Waals surface area (Å²) in [5, 5.41) is 3.17. The minimum atomic E-state index is -0.734. The molecule has 0 aliphatic rings. The second-order valence-corrected chi connectivity index (χ2v) is 5.89. The topological polar surface area (TPSA) is 24.9 Å². The molecule has 0 spiro atoms. The fraction of sp³-hybridized carbons (Fsp3) is 0. The third-order valence-electron chi connectivity index (χ3n) is 2.59. The van der Waals surface area contributed by atoms with E-state index in [0.717, 1.165) is 12.1 Å². The highest BCUT2D eigenvalue weighted by atomic mass is 79.9.